The molecule has 4 nitrogen and oxygen atoms in total. The maximum absolute atomic E-state index is 12.1. The van der Waals surface area contributed by atoms with Crippen LogP contribution < -0.4 is 15.8 Å². The van der Waals surface area contributed by atoms with Gasteiger partial charge in [-0.1, -0.05) is 19.1 Å². The van der Waals surface area contributed by atoms with Crippen LogP contribution in [0.2, 0.25) is 0 Å². The van der Waals surface area contributed by atoms with Gasteiger partial charge in [-0.3, -0.25) is 4.79 Å². The molecule has 0 bridgehead atoms. The van der Waals surface area contributed by atoms with Crippen molar-refractivity contribution < 1.29 is 9.53 Å². The lowest BCUT2D eigenvalue weighted by Crippen LogP contribution is -2.48. The number of aryl methyl sites for hydroxylation is 1. The van der Waals surface area contributed by atoms with E-state index in [0.717, 1.165) is 12.0 Å². The first-order chi connectivity index (χ1) is 8.76. The molecular formula is C15H24N2O2. The smallest absolute Gasteiger partial charge is 0.261 e. The molecule has 0 aliphatic heterocycles. The van der Waals surface area contributed by atoms with E-state index in [2.05, 4.69) is 5.32 Å². The Bertz CT molecular complexity index is 435. The van der Waals surface area contributed by atoms with Gasteiger partial charge in [0.1, 0.15) is 5.75 Å². The maximum atomic E-state index is 12.1. The molecule has 1 unspecified atom stereocenters. The van der Waals surface area contributed by atoms with E-state index in [0.29, 0.717) is 11.4 Å². The Morgan fingerprint density at radius 2 is 2.11 bits per heavy atom. The van der Waals surface area contributed by atoms with Gasteiger partial charge in [0, 0.05) is 5.54 Å². The Morgan fingerprint density at radius 1 is 1.47 bits per heavy atom. The van der Waals surface area contributed by atoms with Crippen LogP contribution in [-0.2, 0) is 4.79 Å². The number of nitrogens with two attached hydrogens (primary N) is 1. The molecule has 0 saturated heterocycles. The van der Waals surface area contributed by atoms with Crippen LogP contribution in [0.15, 0.2) is 18.2 Å². The minimum absolute atomic E-state index is 0.130. The van der Waals surface area contributed by atoms with Gasteiger partial charge in [-0.2, -0.15) is 0 Å². The number of amides is 1. The van der Waals surface area contributed by atoms with Crippen molar-refractivity contribution >= 4 is 11.6 Å². The van der Waals surface area contributed by atoms with Crippen LogP contribution in [-0.4, -0.2) is 17.6 Å². The van der Waals surface area contributed by atoms with Crippen molar-refractivity contribution in [3.05, 3.63) is 23.8 Å². The SMILES string of the molecule is CCC(C)(C)NC(=O)C(C)Oc1c(C)cccc1N. The highest BCUT2D eigenvalue weighted by molar-refractivity contribution is 5.81. The van der Waals surface area contributed by atoms with Crippen LogP contribution in [0.4, 0.5) is 5.69 Å². The Morgan fingerprint density at radius 3 is 2.63 bits per heavy atom. The first-order valence-corrected chi connectivity index (χ1v) is 6.60. The molecule has 1 amide bonds. The highest BCUT2D eigenvalue weighted by Gasteiger charge is 2.23. The van der Waals surface area contributed by atoms with E-state index < -0.39 is 6.10 Å². The lowest BCUT2D eigenvalue weighted by Gasteiger charge is -2.27. The number of anilines is 1. The first-order valence-electron chi connectivity index (χ1n) is 6.60. The van der Waals surface area contributed by atoms with Crippen LogP contribution in [0.5, 0.6) is 5.75 Å². The van der Waals surface area contributed by atoms with Crippen LogP contribution >= 0.6 is 0 Å². The topological polar surface area (TPSA) is 64.3 Å². The van der Waals surface area contributed by atoms with Gasteiger partial charge in [-0.25, -0.2) is 0 Å². The van der Waals surface area contributed by atoms with E-state index in [1.807, 2.05) is 39.8 Å². The molecule has 0 heterocycles. The number of benzene rings is 1. The van der Waals surface area contributed by atoms with Crippen molar-refractivity contribution in [2.45, 2.75) is 52.7 Å². The molecule has 1 aromatic carbocycles. The van der Waals surface area contributed by atoms with Gasteiger partial charge >= 0.3 is 0 Å². The van der Waals surface area contributed by atoms with Gasteiger partial charge in [-0.15, -0.1) is 0 Å². The summed E-state index contributed by atoms with van der Waals surface area (Å²) in [7, 11) is 0. The first kappa shape index (κ1) is 15.3. The van der Waals surface area contributed by atoms with Crippen molar-refractivity contribution in [3.8, 4) is 5.75 Å². The lowest BCUT2D eigenvalue weighted by molar-refractivity contribution is -0.128. The largest absolute Gasteiger partial charge is 0.478 e. The highest BCUT2D eigenvalue weighted by atomic mass is 16.5. The maximum Gasteiger partial charge on any atom is 0.261 e. The number of carbonyl (C=O) groups is 1. The summed E-state index contributed by atoms with van der Waals surface area (Å²) in [6, 6.07) is 5.54. The number of carbonyl (C=O) groups excluding carboxylic acids is 1. The summed E-state index contributed by atoms with van der Waals surface area (Å²) < 4.78 is 5.69. The predicted molar refractivity (Wildman–Crippen MR) is 78.2 cm³/mol. The van der Waals surface area contributed by atoms with E-state index in [4.69, 9.17) is 10.5 Å². The summed E-state index contributed by atoms with van der Waals surface area (Å²) in [5, 5.41) is 2.96. The number of rotatable bonds is 5. The van der Waals surface area contributed by atoms with E-state index in [9.17, 15) is 4.79 Å². The molecule has 1 atom stereocenters. The van der Waals surface area contributed by atoms with E-state index in [1.165, 1.54) is 0 Å². The molecule has 3 N–H and O–H groups in total. The normalized spacial score (nSPS) is 12.9. The Kier molecular flexibility index (Phi) is 4.81. The lowest BCUT2D eigenvalue weighted by atomic mass is 10.0. The number of nitrogens with one attached hydrogen (secondary N) is 1. The average Bonchev–Trinajstić information content (AvgIpc) is 2.33. The number of para-hydroxylation sites is 1. The second-order valence-electron chi connectivity index (χ2n) is 5.48. The Labute approximate surface area is 115 Å². The molecule has 106 valence electrons. The van der Waals surface area contributed by atoms with Gasteiger partial charge in [-0.05, 0) is 45.7 Å². The molecule has 1 aromatic rings. The Hall–Kier alpha value is -1.71. The van der Waals surface area contributed by atoms with Crippen LogP contribution in [0.1, 0.15) is 39.7 Å². The number of hydrogen-bond donors (Lipinski definition) is 2. The van der Waals surface area contributed by atoms with Crippen LogP contribution in [0.25, 0.3) is 0 Å². The van der Waals surface area contributed by atoms with Gasteiger partial charge in [0.05, 0.1) is 5.69 Å². The zero-order valence-corrected chi connectivity index (χ0v) is 12.4. The molecule has 0 saturated carbocycles. The van der Waals surface area contributed by atoms with Crippen molar-refractivity contribution in [1.82, 2.24) is 5.32 Å². The highest BCUT2D eigenvalue weighted by Crippen LogP contribution is 2.26. The molecule has 4 heteroatoms. The van der Waals surface area contributed by atoms with E-state index in [1.54, 1.807) is 13.0 Å². The standard InChI is InChI=1S/C15H24N2O2/c1-6-15(4,5)17-14(18)11(3)19-13-10(2)8-7-9-12(13)16/h7-9,11H,6,16H2,1-5H3,(H,17,18). The fourth-order valence-electron chi connectivity index (χ4n) is 1.59. The molecule has 0 aliphatic rings. The van der Waals surface area contributed by atoms with Gasteiger partial charge in [0.15, 0.2) is 6.10 Å². The van der Waals surface area contributed by atoms with Gasteiger partial charge in [0.25, 0.3) is 5.91 Å². The molecule has 19 heavy (non-hydrogen) atoms. The molecule has 0 aromatic heterocycles. The third-order valence-corrected chi connectivity index (χ3v) is 3.25. The second-order valence-corrected chi connectivity index (χ2v) is 5.48. The van der Waals surface area contributed by atoms with E-state index >= 15 is 0 Å². The molecular weight excluding hydrogens is 240 g/mol. The zero-order valence-electron chi connectivity index (χ0n) is 12.4. The molecule has 0 radical (unpaired) electrons. The minimum Gasteiger partial charge on any atom is -0.478 e. The minimum atomic E-state index is -0.575. The molecule has 0 aliphatic carbocycles. The molecule has 0 fully saturated rings. The summed E-state index contributed by atoms with van der Waals surface area (Å²) >= 11 is 0. The second kappa shape index (κ2) is 5.95. The third-order valence-electron chi connectivity index (χ3n) is 3.25. The van der Waals surface area contributed by atoms with Crippen molar-refractivity contribution in [1.29, 1.82) is 0 Å². The predicted octanol–water partition coefficient (Wildman–Crippen LogP) is 2.65. The summed E-state index contributed by atoms with van der Waals surface area (Å²) in [5.74, 6) is 0.453. The summed E-state index contributed by atoms with van der Waals surface area (Å²) in [6.07, 6.45) is 0.284. The summed E-state index contributed by atoms with van der Waals surface area (Å²) in [6.45, 7) is 9.64. The monoisotopic (exact) mass is 264 g/mol. The quantitative estimate of drug-likeness (QED) is 0.804. The van der Waals surface area contributed by atoms with Crippen molar-refractivity contribution in [2.24, 2.45) is 0 Å². The third kappa shape index (κ3) is 4.16. The summed E-state index contributed by atoms with van der Waals surface area (Å²) in [4.78, 5) is 12.1. The van der Waals surface area contributed by atoms with Crippen molar-refractivity contribution in [3.63, 3.8) is 0 Å². The number of ether oxygens (including phenoxy) is 1. The Balaban J connectivity index is 2.75. The van der Waals surface area contributed by atoms with Gasteiger partial charge < -0.3 is 15.8 Å². The van der Waals surface area contributed by atoms with Gasteiger partial charge in [0.2, 0.25) is 0 Å². The zero-order chi connectivity index (χ0) is 14.6. The average molecular weight is 264 g/mol. The molecule has 1 rings (SSSR count). The fraction of sp³-hybridized carbons (Fsp3) is 0.533. The number of hydrogen-bond acceptors (Lipinski definition) is 3. The molecule has 0 spiro atoms. The van der Waals surface area contributed by atoms with E-state index in [-0.39, 0.29) is 11.4 Å². The summed E-state index contributed by atoms with van der Waals surface area (Å²) in [5.41, 5.74) is 7.11. The van der Waals surface area contributed by atoms with Crippen LogP contribution in [0, 0.1) is 6.92 Å². The number of nitrogen functional groups attached to an aromatic ring is 1. The fourth-order valence-corrected chi connectivity index (χ4v) is 1.59. The van der Waals surface area contributed by atoms with Crippen molar-refractivity contribution in [2.75, 3.05) is 5.73 Å². The van der Waals surface area contributed by atoms with Crippen LogP contribution in [0.3, 0.4) is 0 Å².